The van der Waals surface area contributed by atoms with Crippen molar-refractivity contribution in [1.29, 1.82) is 0 Å². The van der Waals surface area contributed by atoms with Crippen LogP contribution in [0, 0.1) is 0 Å². The molecule has 3 atom stereocenters. The van der Waals surface area contributed by atoms with Gasteiger partial charge in [0.1, 0.15) is 6.10 Å². The topological polar surface area (TPSA) is 95.9 Å². The number of carbonyl (C=O) groups excluding carboxylic acids is 2. The standard InChI is InChI=1S/C58H101NO5/c1-4-7-10-13-16-19-22-24-26-28-30-32-35-37-40-43-46-49-54(52-57(62)59-55(53-60)56(61)50-47-44-41-38-34-21-18-15-12-9-6-3)64-58(63)51-48-45-42-39-36-33-31-29-27-25-23-20-17-14-11-8-5-2/h7,10,16-17,19-20,24-27,30,32,37,40,54-56,60-61H,4-6,8-9,11-15,18,21-23,28-29,31,33-36,38-39,41-53H2,1-3H3,(H,59,62)/b10-7-,19-16-,20-17-,26-24-,27-25-,32-30-,40-37-. The fraction of sp³-hybridized carbons (Fsp3) is 0.724. The van der Waals surface area contributed by atoms with Crippen LogP contribution in [0.5, 0.6) is 0 Å². The lowest BCUT2D eigenvalue weighted by Crippen LogP contribution is -2.46. The Balaban J connectivity index is 4.71. The Morgan fingerprint density at radius 2 is 0.859 bits per heavy atom. The van der Waals surface area contributed by atoms with Crippen LogP contribution in [0.3, 0.4) is 0 Å². The van der Waals surface area contributed by atoms with E-state index in [1.807, 2.05) is 0 Å². The molecular formula is C58H101NO5. The zero-order chi connectivity index (χ0) is 46.7. The van der Waals surface area contributed by atoms with E-state index in [0.29, 0.717) is 19.3 Å². The number of amides is 1. The van der Waals surface area contributed by atoms with Crippen molar-refractivity contribution < 1.29 is 24.5 Å². The summed E-state index contributed by atoms with van der Waals surface area (Å²) < 4.78 is 5.91. The maximum absolute atomic E-state index is 13.2. The van der Waals surface area contributed by atoms with E-state index in [1.165, 1.54) is 103 Å². The first-order valence-electron chi connectivity index (χ1n) is 26.8. The predicted molar refractivity (Wildman–Crippen MR) is 278 cm³/mol. The number of ether oxygens (including phenoxy) is 1. The van der Waals surface area contributed by atoms with E-state index >= 15 is 0 Å². The van der Waals surface area contributed by atoms with Crippen molar-refractivity contribution in [3.63, 3.8) is 0 Å². The zero-order valence-corrected chi connectivity index (χ0v) is 41.9. The van der Waals surface area contributed by atoms with E-state index < -0.39 is 18.2 Å². The first kappa shape index (κ1) is 61.0. The van der Waals surface area contributed by atoms with Gasteiger partial charge < -0.3 is 20.3 Å². The number of hydrogen-bond donors (Lipinski definition) is 3. The number of hydrogen-bond acceptors (Lipinski definition) is 5. The smallest absolute Gasteiger partial charge is 0.306 e. The Hall–Kier alpha value is -2.96. The molecule has 0 saturated carbocycles. The van der Waals surface area contributed by atoms with Crippen molar-refractivity contribution in [1.82, 2.24) is 5.32 Å². The van der Waals surface area contributed by atoms with Gasteiger partial charge in [0.2, 0.25) is 5.91 Å². The molecule has 0 aliphatic carbocycles. The minimum Gasteiger partial charge on any atom is -0.462 e. The van der Waals surface area contributed by atoms with E-state index in [2.05, 4.69) is 111 Å². The summed E-state index contributed by atoms with van der Waals surface area (Å²) in [6.45, 7) is 6.32. The molecule has 0 saturated heterocycles. The van der Waals surface area contributed by atoms with Gasteiger partial charge in [0.05, 0.1) is 25.2 Å². The summed E-state index contributed by atoms with van der Waals surface area (Å²) in [5.74, 6) is -0.541. The third-order valence-corrected chi connectivity index (χ3v) is 11.7. The second kappa shape index (κ2) is 51.0. The molecule has 0 bridgehead atoms. The van der Waals surface area contributed by atoms with E-state index in [-0.39, 0.29) is 24.9 Å². The highest BCUT2D eigenvalue weighted by molar-refractivity contribution is 5.77. The van der Waals surface area contributed by atoms with Crippen molar-refractivity contribution in [2.24, 2.45) is 0 Å². The van der Waals surface area contributed by atoms with Gasteiger partial charge in [-0.15, -0.1) is 0 Å². The molecule has 0 fully saturated rings. The van der Waals surface area contributed by atoms with Gasteiger partial charge in [-0.1, -0.05) is 221 Å². The highest BCUT2D eigenvalue weighted by Crippen LogP contribution is 2.17. The van der Waals surface area contributed by atoms with Crippen molar-refractivity contribution in [3.05, 3.63) is 85.1 Å². The number of carbonyl (C=O) groups is 2. The molecule has 6 nitrogen and oxygen atoms in total. The molecule has 0 heterocycles. The first-order chi connectivity index (χ1) is 31.5. The lowest BCUT2D eigenvalue weighted by molar-refractivity contribution is -0.151. The van der Waals surface area contributed by atoms with Crippen LogP contribution in [0.1, 0.15) is 245 Å². The van der Waals surface area contributed by atoms with Crippen LogP contribution in [0.4, 0.5) is 0 Å². The molecule has 0 aliphatic heterocycles. The van der Waals surface area contributed by atoms with Crippen LogP contribution in [0.15, 0.2) is 85.1 Å². The average molecular weight is 892 g/mol. The van der Waals surface area contributed by atoms with Gasteiger partial charge in [-0.05, 0) is 96.3 Å². The van der Waals surface area contributed by atoms with Gasteiger partial charge >= 0.3 is 5.97 Å². The average Bonchev–Trinajstić information content (AvgIpc) is 3.29. The lowest BCUT2D eigenvalue weighted by Gasteiger charge is -2.24. The number of rotatable bonds is 47. The van der Waals surface area contributed by atoms with Gasteiger partial charge in [0.25, 0.3) is 0 Å². The molecule has 0 aromatic heterocycles. The van der Waals surface area contributed by atoms with Crippen LogP contribution >= 0.6 is 0 Å². The third-order valence-electron chi connectivity index (χ3n) is 11.7. The Morgan fingerprint density at radius 3 is 1.34 bits per heavy atom. The number of aliphatic hydroxyl groups is 2. The summed E-state index contributed by atoms with van der Waals surface area (Å²) >= 11 is 0. The molecule has 1 amide bonds. The van der Waals surface area contributed by atoms with E-state index in [1.54, 1.807) is 0 Å². The Morgan fingerprint density at radius 1 is 0.469 bits per heavy atom. The number of nitrogens with one attached hydrogen (secondary N) is 1. The minimum atomic E-state index is -0.807. The molecule has 0 radical (unpaired) electrons. The van der Waals surface area contributed by atoms with E-state index in [4.69, 9.17) is 4.74 Å². The summed E-state index contributed by atoms with van der Waals surface area (Å²) in [4.78, 5) is 26.2. The number of aliphatic hydroxyl groups excluding tert-OH is 2. The van der Waals surface area contributed by atoms with Crippen LogP contribution < -0.4 is 5.32 Å². The molecule has 0 aliphatic rings. The highest BCUT2D eigenvalue weighted by Gasteiger charge is 2.24. The van der Waals surface area contributed by atoms with Crippen molar-refractivity contribution in [2.45, 2.75) is 264 Å². The van der Waals surface area contributed by atoms with Crippen molar-refractivity contribution in [2.75, 3.05) is 6.61 Å². The lowest BCUT2D eigenvalue weighted by atomic mass is 10.0. The van der Waals surface area contributed by atoms with E-state index in [0.717, 1.165) is 96.3 Å². The van der Waals surface area contributed by atoms with Gasteiger partial charge in [-0.25, -0.2) is 0 Å². The number of esters is 1. The van der Waals surface area contributed by atoms with Crippen LogP contribution in [-0.4, -0.2) is 46.9 Å². The van der Waals surface area contributed by atoms with Crippen molar-refractivity contribution in [3.8, 4) is 0 Å². The SMILES string of the molecule is CC/C=C\C/C=C\C/C=C\C/C=C\C/C=C\CCCC(CC(=O)NC(CO)C(O)CCCCCCCCCCCCC)OC(=O)CCCCCCCCC/C=C\C/C=C\CCCCC. The molecule has 6 heteroatoms. The molecular weight excluding hydrogens is 791 g/mol. The summed E-state index contributed by atoms with van der Waals surface area (Å²) in [6.07, 6.45) is 66.4. The van der Waals surface area contributed by atoms with Crippen LogP contribution in [0.25, 0.3) is 0 Å². The van der Waals surface area contributed by atoms with Gasteiger partial charge in [0, 0.05) is 6.42 Å². The molecule has 0 spiro atoms. The largest absolute Gasteiger partial charge is 0.462 e. The van der Waals surface area contributed by atoms with Gasteiger partial charge in [0.15, 0.2) is 0 Å². The second-order valence-electron chi connectivity index (χ2n) is 17.9. The van der Waals surface area contributed by atoms with Gasteiger partial charge in [-0.3, -0.25) is 9.59 Å². The Labute approximate surface area is 395 Å². The third kappa shape index (κ3) is 45.6. The fourth-order valence-corrected chi connectivity index (χ4v) is 7.67. The molecule has 64 heavy (non-hydrogen) atoms. The molecule has 3 unspecified atom stereocenters. The zero-order valence-electron chi connectivity index (χ0n) is 41.9. The van der Waals surface area contributed by atoms with Crippen molar-refractivity contribution >= 4 is 11.9 Å². The fourth-order valence-electron chi connectivity index (χ4n) is 7.67. The second-order valence-corrected chi connectivity index (χ2v) is 17.9. The van der Waals surface area contributed by atoms with Crippen LogP contribution in [-0.2, 0) is 14.3 Å². The maximum Gasteiger partial charge on any atom is 0.306 e. The summed E-state index contributed by atoms with van der Waals surface area (Å²) in [5.41, 5.74) is 0. The van der Waals surface area contributed by atoms with Crippen LogP contribution in [0.2, 0.25) is 0 Å². The van der Waals surface area contributed by atoms with E-state index in [9.17, 15) is 19.8 Å². The summed E-state index contributed by atoms with van der Waals surface area (Å²) in [6, 6.07) is -0.725. The molecule has 0 aromatic carbocycles. The number of allylic oxidation sites excluding steroid dienone is 14. The Bertz CT molecular complexity index is 1230. The summed E-state index contributed by atoms with van der Waals surface area (Å²) in [5, 5.41) is 23.7. The predicted octanol–water partition coefficient (Wildman–Crippen LogP) is 16.3. The molecule has 368 valence electrons. The normalized spacial score (nSPS) is 13.9. The highest BCUT2D eigenvalue weighted by atomic mass is 16.5. The minimum absolute atomic E-state index is 0.0318. The maximum atomic E-state index is 13.2. The monoisotopic (exact) mass is 892 g/mol. The number of unbranched alkanes of at least 4 members (excludes halogenated alkanes) is 21. The Kier molecular flexibility index (Phi) is 48.7. The molecule has 3 N–H and O–H groups in total. The quantitative estimate of drug-likeness (QED) is 0.0321. The summed E-state index contributed by atoms with van der Waals surface area (Å²) in [7, 11) is 0. The molecule has 0 aromatic rings. The van der Waals surface area contributed by atoms with Gasteiger partial charge in [-0.2, -0.15) is 0 Å². The first-order valence-corrected chi connectivity index (χ1v) is 26.8. The molecule has 0 rings (SSSR count).